The summed E-state index contributed by atoms with van der Waals surface area (Å²) in [5.41, 5.74) is 5.75. The maximum absolute atomic E-state index is 11.4. The number of hydrogen-bond acceptors (Lipinski definition) is 3. The number of rotatable bonds is 4. The zero-order chi connectivity index (χ0) is 10.6. The second-order valence-corrected chi connectivity index (χ2v) is 4.40. The Bertz CT molecular complexity index is 198. The summed E-state index contributed by atoms with van der Waals surface area (Å²) in [4.78, 5) is 11.4. The minimum absolute atomic E-state index is 0.0460. The maximum atomic E-state index is 11.4. The minimum Gasteiger partial charge on any atom is -0.392 e. The Balaban J connectivity index is 2.25. The first-order valence-corrected chi connectivity index (χ1v) is 5.25. The van der Waals surface area contributed by atoms with Gasteiger partial charge >= 0.3 is 0 Å². The number of hydrogen-bond donors (Lipinski definition) is 3. The van der Waals surface area contributed by atoms with Crippen LogP contribution in [-0.2, 0) is 4.79 Å². The van der Waals surface area contributed by atoms with E-state index in [-0.39, 0.29) is 11.4 Å². The summed E-state index contributed by atoms with van der Waals surface area (Å²) in [6.45, 7) is 1.96. The van der Waals surface area contributed by atoms with Crippen molar-refractivity contribution in [2.75, 3.05) is 6.54 Å². The molecule has 0 aromatic carbocycles. The second-order valence-electron chi connectivity index (χ2n) is 4.40. The highest BCUT2D eigenvalue weighted by atomic mass is 16.3. The fourth-order valence-corrected chi connectivity index (χ4v) is 1.90. The van der Waals surface area contributed by atoms with Crippen molar-refractivity contribution in [1.29, 1.82) is 0 Å². The molecule has 1 rings (SSSR count). The van der Waals surface area contributed by atoms with Gasteiger partial charge in [-0.1, -0.05) is 12.8 Å². The first kappa shape index (κ1) is 11.5. The van der Waals surface area contributed by atoms with E-state index in [1.165, 1.54) is 0 Å². The van der Waals surface area contributed by atoms with E-state index in [0.717, 1.165) is 25.7 Å². The van der Waals surface area contributed by atoms with E-state index in [1.807, 2.05) is 0 Å². The molecule has 0 aliphatic heterocycles. The molecule has 0 heterocycles. The Morgan fingerprint density at radius 2 is 2.14 bits per heavy atom. The van der Waals surface area contributed by atoms with Gasteiger partial charge in [0.15, 0.2) is 0 Å². The van der Waals surface area contributed by atoms with Crippen molar-refractivity contribution in [1.82, 2.24) is 5.32 Å². The third-order valence-corrected chi connectivity index (χ3v) is 2.71. The Labute approximate surface area is 84.9 Å². The summed E-state index contributed by atoms with van der Waals surface area (Å²) in [6, 6.07) is 0. The second kappa shape index (κ2) is 4.75. The van der Waals surface area contributed by atoms with Crippen LogP contribution in [0, 0.1) is 0 Å². The third kappa shape index (κ3) is 3.64. The molecule has 0 bridgehead atoms. The molecular weight excluding hydrogens is 180 g/mol. The van der Waals surface area contributed by atoms with Crippen molar-refractivity contribution in [2.45, 2.75) is 50.7 Å². The Morgan fingerprint density at radius 1 is 1.57 bits per heavy atom. The van der Waals surface area contributed by atoms with Crippen LogP contribution in [0.3, 0.4) is 0 Å². The molecule has 1 atom stereocenters. The summed E-state index contributed by atoms with van der Waals surface area (Å²) in [6.07, 6.45) is 4.03. The molecule has 0 saturated heterocycles. The number of carbonyl (C=O) groups is 1. The molecule has 1 fully saturated rings. The van der Waals surface area contributed by atoms with Crippen molar-refractivity contribution < 1.29 is 9.90 Å². The number of nitrogens with two attached hydrogens (primary N) is 1. The topological polar surface area (TPSA) is 75.3 Å². The highest BCUT2D eigenvalue weighted by Gasteiger charge is 2.31. The number of nitrogens with one attached hydrogen (secondary N) is 1. The van der Waals surface area contributed by atoms with Crippen molar-refractivity contribution in [3.8, 4) is 0 Å². The normalized spacial score (nSPS) is 21.9. The van der Waals surface area contributed by atoms with Crippen LogP contribution in [-0.4, -0.2) is 29.2 Å². The molecule has 1 aliphatic carbocycles. The van der Waals surface area contributed by atoms with Crippen molar-refractivity contribution in [3.05, 3.63) is 0 Å². The molecule has 1 saturated carbocycles. The molecule has 4 heteroatoms. The Kier molecular flexibility index (Phi) is 3.89. The summed E-state index contributed by atoms with van der Waals surface area (Å²) in [5.74, 6) is -0.0460. The summed E-state index contributed by atoms with van der Waals surface area (Å²) >= 11 is 0. The van der Waals surface area contributed by atoms with Crippen molar-refractivity contribution >= 4 is 5.91 Å². The van der Waals surface area contributed by atoms with Crippen LogP contribution in [0.15, 0.2) is 0 Å². The highest BCUT2D eigenvalue weighted by molar-refractivity contribution is 5.77. The molecule has 0 radical (unpaired) electrons. The molecule has 0 aromatic heterocycles. The van der Waals surface area contributed by atoms with E-state index in [4.69, 9.17) is 10.8 Å². The van der Waals surface area contributed by atoms with Crippen LogP contribution in [0.4, 0.5) is 0 Å². The summed E-state index contributed by atoms with van der Waals surface area (Å²) in [7, 11) is 0. The van der Waals surface area contributed by atoms with E-state index in [9.17, 15) is 4.79 Å². The number of amides is 1. The van der Waals surface area contributed by atoms with Gasteiger partial charge in [-0.3, -0.25) is 4.79 Å². The summed E-state index contributed by atoms with van der Waals surface area (Å²) < 4.78 is 0. The Hall–Kier alpha value is -0.610. The van der Waals surface area contributed by atoms with Gasteiger partial charge in [-0.15, -0.1) is 0 Å². The van der Waals surface area contributed by atoms with E-state index in [2.05, 4.69) is 5.32 Å². The first-order chi connectivity index (χ1) is 6.52. The standard InChI is InChI=1S/C10H20N2O2/c1-8(13)7-12-9(14)6-10(11)4-2-3-5-10/h8,13H,2-7,11H2,1H3,(H,12,14)/t8-/m0/s1. The van der Waals surface area contributed by atoms with Crippen molar-refractivity contribution in [2.24, 2.45) is 5.73 Å². The zero-order valence-corrected chi connectivity index (χ0v) is 8.75. The van der Waals surface area contributed by atoms with E-state index >= 15 is 0 Å². The molecule has 1 aliphatic rings. The largest absolute Gasteiger partial charge is 0.392 e. The van der Waals surface area contributed by atoms with Gasteiger partial charge in [0, 0.05) is 18.5 Å². The molecule has 4 N–H and O–H groups in total. The number of aliphatic hydroxyl groups excluding tert-OH is 1. The quantitative estimate of drug-likeness (QED) is 0.604. The molecule has 0 aromatic rings. The van der Waals surface area contributed by atoms with Gasteiger partial charge in [-0.25, -0.2) is 0 Å². The molecule has 0 spiro atoms. The van der Waals surface area contributed by atoms with Gasteiger partial charge in [0.2, 0.25) is 5.91 Å². The van der Waals surface area contributed by atoms with Crippen LogP contribution in [0.1, 0.15) is 39.0 Å². The first-order valence-electron chi connectivity index (χ1n) is 5.25. The van der Waals surface area contributed by atoms with Crippen LogP contribution in [0.5, 0.6) is 0 Å². The molecule has 0 unspecified atom stereocenters. The monoisotopic (exact) mass is 200 g/mol. The van der Waals surface area contributed by atoms with Gasteiger partial charge in [-0.05, 0) is 19.8 Å². The van der Waals surface area contributed by atoms with Gasteiger partial charge in [0.1, 0.15) is 0 Å². The van der Waals surface area contributed by atoms with Crippen LogP contribution in [0.2, 0.25) is 0 Å². The van der Waals surface area contributed by atoms with E-state index in [1.54, 1.807) is 6.92 Å². The van der Waals surface area contributed by atoms with E-state index in [0.29, 0.717) is 13.0 Å². The van der Waals surface area contributed by atoms with Crippen LogP contribution < -0.4 is 11.1 Å². The maximum Gasteiger partial charge on any atom is 0.221 e. The molecule has 1 amide bonds. The highest BCUT2D eigenvalue weighted by Crippen LogP contribution is 2.29. The Morgan fingerprint density at radius 3 is 2.64 bits per heavy atom. The van der Waals surface area contributed by atoms with Crippen molar-refractivity contribution in [3.63, 3.8) is 0 Å². The van der Waals surface area contributed by atoms with Crippen LogP contribution in [0.25, 0.3) is 0 Å². The number of aliphatic hydroxyl groups is 1. The lowest BCUT2D eigenvalue weighted by atomic mass is 9.94. The average Bonchev–Trinajstić information content (AvgIpc) is 2.48. The van der Waals surface area contributed by atoms with Gasteiger partial charge in [0.05, 0.1) is 6.10 Å². The molecule has 82 valence electrons. The smallest absolute Gasteiger partial charge is 0.221 e. The lowest BCUT2D eigenvalue weighted by molar-refractivity contribution is -0.122. The van der Waals surface area contributed by atoms with Crippen LogP contribution >= 0.6 is 0 Å². The van der Waals surface area contributed by atoms with E-state index < -0.39 is 6.10 Å². The lowest BCUT2D eigenvalue weighted by Crippen LogP contribution is -2.43. The predicted molar refractivity (Wildman–Crippen MR) is 54.7 cm³/mol. The van der Waals surface area contributed by atoms with Gasteiger partial charge < -0.3 is 16.2 Å². The zero-order valence-electron chi connectivity index (χ0n) is 8.75. The molecule has 4 nitrogen and oxygen atoms in total. The number of carbonyl (C=O) groups excluding carboxylic acids is 1. The fourth-order valence-electron chi connectivity index (χ4n) is 1.90. The molecular formula is C10H20N2O2. The fraction of sp³-hybridized carbons (Fsp3) is 0.900. The van der Waals surface area contributed by atoms with Gasteiger partial charge in [-0.2, -0.15) is 0 Å². The molecule has 14 heavy (non-hydrogen) atoms. The predicted octanol–water partition coefficient (Wildman–Crippen LogP) is 0.145. The third-order valence-electron chi connectivity index (χ3n) is 2.71. The minimum atomic E-state index is -0.490. The average molecular weight is 200 g/mol. The summed E-state index contributed by atoms with van der Waals surface area (Å²) in [5, 5.41) is 11.6. The lowest BCUT2D eigenvalue weighted by Gasteiger charge is -2.22. The SMILES string of the molecule is C[C@H](O)CNC(=O)CC1(N)CCCC1. The van der Waals surface area contributed by atoms with Gasteiger partial charge in [0.25, 0.3) is 0 Å².